The van der Waals surface area contributed by atoms with Crippen LogP contribution in [0.1, 0.15) is 42.7 Å². The number of aliphatic carboxylic acids is 1. The van der Waals surface area contributed by atoms with Crippen molar-refractivity contribution < 1.29 is 29.3 Å². The van der Waals surface area contributed by atoms with Gasteiger partial charge >= 0.3 is 12.1 Å². The second-order valence-electron chi connectivity index (χ2n) is 8.68. The molecule has 4 rings (SSSR count). The van der Waals surface area contributed by atoms with Crippen molar-refractivity contribution >= 4 is 18.0 Å². The van der Waals surface area contributed by atoms with Crippen molar-refractivity contribution in [1.29, 1.82) is 0 Å². The predicted octanol–water partition coefficient (Wildman–Crippen LogP) is 2.65. The molecule has 2 aliphatic carbocycles. The number of carboxylic acid groups (broad SMARTS) is 1. The molecule has 0 saturated heterocycles. The van der Waals surface area contributed by atoms with E-state index in [1.165, 1.54) is 11.1 Å². The number of carbonyl (C=O) groups is 3. The van der Waals surface area contributed by atoms with Crippen LogP contribution >= 0.6 is 0 Å². The van der Waals surface area contributed by atoms with Crippen LogP contribution in [0, 0.1) is 5.92 Å². The van der Waals surface area contributed by atoms with Crippen molar-refractivity contribution in [3.63, 3.8) is 0 Å². The highest BCUT2D eigenvalue weighted by atomic mass is 16.5. The summed E-state index contributed by atoms with van der Waals surface area (Å²) < 4.78 is 5.55. The summed E-state index contributed by atoms with van der Waals surface area (Å²) in [4.78, 5) is 35.5. The summed E-state index contributed by atoms with van der Waals surface area (Å²) in [6.07, 6.45) is 0.958. The number of benzene rings is 2. The Morgan fingerprint density at radius 3 is 2.18 bits per heavy atom. The minimum Gasteiger partial charge on any atom is -0.480 e. The lowest BCUT2D eigenvalue weighted by Gasteiger charge is -2.35. The van der Waals surface area contributed by atoms with E-state index in [4.69, 9.17) is 14.9 Å². The Labute approximate surface area is 192 Å². The van der Waals surface area contributed by atoms with Gasteiger partial charge in [-0.25, -0.2) is 9.59 Å². The van der Waals surface area contributed by atoms with Crippen molar-refractivity contribution in [2.75, 3.05) is 13.2 Å². The fraction of sp³-hybridized carbons (Fsp3) is 0.400. The average molecular weight is 453 g/mol. The van der Waals surface area contributed by atoms with Crippen LogP contribution in [0.4, 0.5) is 4.79 Å². The van der Waals surface area contributed by atoms with E-state index in [0.29, 0.717) is 12.8 Å². The lowest BCUT2D eigenvalue weighted by Crippen LogP contribution is -2.47. The maximum Gasteiger partial charge on any atom is 0.407 e. The largest absolute Gasteiger partial charge is 0.480 e. The van der Waals surface area contributed by atoms with Gasteiger partial charge in [-0.05, 0) is 41.0 Å². The molecule has 2 aliphatic rings. The molecule has 0 unspecified atom stereocenters. The highest BCUT2D eigenvalue weighted by Gasteiger charge is 2.34. The molecule has 1 saturated carbocycles. The third kappa shape index (κ3) is 5.17. The van der Waals surface area contributed by atoms with Gasteiger partial charge in [-0.2, -0.15) is 0 Å². The molecule has 1 atom stereocenters. The Balaban J connectivity index is 1.22. The monoisotopic (exact) mass is 452 g/mol. The molecule has 0 aromatic heterocycles. The van der Waals surface area contributed by atoms with Crippen molar-refractivity contribution in [2.45, 2.75) is 43.7 Å². The van der Waals surface area contributed by atoms with E-state index in [9.17, 15) is 14.4 Å². The van der Waals surface area contributed by atoms with Crippen LogP contribution in [-0.4, -0.2) is 53.5 Å². The number of nitrogens with one attached hydrogen (secondary N) is 2. The first-order valence-corrected chi connectivity index (χ1v) is 11.2. The van der Waals surface area contributed by atoms with Crippen molar-refractivity contribution in [2.24, 2.45) is 5.92 Å². The Hall–Kier alpha value is -3.39. The summed E-state index contributed by atoms with van der Waals surface area (Å²) in [7, 11) is 0. The molecule has 0 bridgehead atoms. The second-order valence-corrected chi connectivity index (χ2v) is 8.68. The number of amides is 2. The summed E-state index contributed by atoms with van der Waals surface area (Å²) in [6.45, 7) is -0.0628. The minimum absolute atomic E-state index is 0.00193. The molecule has 33 heavy (non-hydrogen) atoms. The van der Waals surface area contributed by atoms with Crippen molar-refractivity contribution in [3.05, 3.63) is 59.7 Å². The van der Waals surface area contributed by atoms with E-state index in [2.05, 4.69) is 34.9 Å². The molecule has 2 aromatic rings. The van der Waals surface area contributed by atoms with Gasteiger partial charge < -0.3 is 25.6 Å². The van der Waals surface area contributed by atoms with Gasteiger partial charge in [-0.1, -0.05) is 48.5 Å². The minimum atomic E-state index is -1.17. The zero-order valence-corrected chi connectivity index (χ0v) is 18.2. The first kappa shape index (κ1) is 22.8. The molecular formula is C25H28N2O6. The molecule has 0 heterocycles. The summed E-state index contributed by atoms with van der Waals surface area (Å²) in [6, 6.07) is 15.2. The summed E-state index contributed by atoms with van der Waals surface area (Å²) >= 11 is 0. The Morgan fingerprint density at radius 1 is 1.00 bits per heavy atom. The Bertz CT molecular complexity index is 988. The van der Waals surface area contributed by atoms with Gasteiger partial charge in [0.1, 0.15) is 12.6 Å². The van der Waals surface area contributed by atoms with E-state index in [1.807, 2.05) is 24.3 Å². The van der Waals surface area contributed by atoms with E-state index in [-0.39, 0.29) is 49.8 Å². The van der Waals surface area contributed by atoms with Gasteiger partial charge in [-0.15, -0.1) is 0 Å². The molecule has 4 N–H and O–H groups in total. The summed E-state index contributed by atoms with van der Waals surface area (Å²) in [5.74, 6) is -1.45. The van der Waals surface area contributed by atoms with Gasteiger partial charge in [0.2, 0.25) is 5.91 Å². The van der Waals surface area contributed by atoms with Gasteiger partial charge in [0.25, 0.3) is 0 Å². The number of carbonyl (C=O) groups excluding carboxylic acids is 2. The molecule has 8 heteroatoms. The zero-order chi connectivity index (χ0) is 23.4. The number of aliphatic hydroxyl groups is 1. The molecule has 0 spiro atoms. The normalized spacial score (nSPS) is 19.5. The van der Waals surface area contributed by atoms with E-state index in [0.717, 1.165) is 11.1 Å². The second kappa shape index (κ2) is 10.0. The maximum atomic E-state index is 12.3. The van der Waals surface area contributed by atoms with Gasteiger partial charge in [-0.3, -0.25) is 4.79 Å². The highest BCUT2D eigenvalue weighted by molar-refractivity contribution is 5.83. The first-order valence-electron chi connectivity index (χ1n) is 11.2. The lowest BCUT2D eigenvalue weighted by atomic mass is 9.78. The zero-order valence-electron chi connectivity index (χ0n) is 18.2. The van der Waals surface area contributed by atoms with Crippen LogP contribution < -0.4 is 10.6 Å². The topological polar surface area (TPSA) is 125 Å². The number of rotatable bonds is 9. The third-order valence-electron chi connectivity index (χ3n) is 6.43. The van der Waals surface area contributed by atoms with Crippen molar-refractivity contribution in [1.82, 2.24) is 10.6 Å². The van der Waals surface area contributed by atoms with E-state index < -0.39 is 18.1 Å². The van der Waals surface area contributed by atoms with Gasteiger partial charge in [0, 0.05) is 31.4 Å². The Kier molecular flexibility index (Phi) is 6.93. The summed E-state index contributed by atoms with van der Waals surface area (Å²) in [5.41, 5.74) is 4.65. The molecule has 174 valence electrons. The van der Waals surface area contributed by atoms with Crippen LogP contribution in [0.3, 0.4) is 0 Å². The first-order chi connectivity index (χ1) is 16.0. The maximum absolute atomic E-state index is 12.3. The number of aliphatic hydroxyl groups excluding tert-OH is 1. The molecule has 2 aromatic carbocycles. The summed E-state index contributed by atoms with van der Waals surface area (Å²) in [5, 5.41) is 23.2. The van der Waals surface area contributed by atoms with Crippen LogP contribution in [0.5, 0.6) is 0 Å². The fourth-order valence-corrected chi connectivity index (χ4v) is 4.73. The van der Waals surface area contributed by atoms with Crippen LogP contribution in [0.25, 0.3) is 11.1 Å². The number of hydrogen-bond donors (Lipinski definition) is 4. The molecule has 8 nitrogen and oxygen atoms in total. The molecular weight excluding hydrogens is 424 g/mol. The van der Waals surface area contributed by atoms with Crippen molar-refractivity contribution in [3.8, 4) is 11.1 Å². The lowest BCUT2D eigenvalue weighted by molar-refractivity contribution is -0.142. The number of ether oxygens (including phenoxy) is 1. The molecule has 1 fully saturated rings. The van der Waals surface area contributed by atoms with Crippen LogP contribution in [0.2, 0.25) is 0 Å². The highest BCUT2D eigenvalue weighted by Crippen LogP contribution is 2.44. The molecule has 2 amide bonds. The van der Waals surface area contributed by atoms with Gasteiger partial charge in [0.05, 0.1) is 0 Å². The smallest absolute Gasteiger partial charge is 0.407 e. The SMILES string of the molecule is O=C(CC1CC(NC(=O)OCC2c3ccccc3-c3ccccc32)C1)N[C@@H](CCO)C(=O)O. The Morgan fingerprint density at radius 2 is 1.61 bits per heavy atom. The molecule has 0 radical (unpaired) electrons. The number of fused-ring (bicyclic) bond motifs is 3. The number of alkyl carbamates (subject to hydrolysis) is 1. The third-order valence-corrected chi connectivity index (χ3v) is 6.43. The fourth-order valence-electron chi connectivity index (χ4n) is 4.73. The quantitative estimate of drug-likeness (QED) is 0.464. The van der Waals surface area contributed by atoms with E-state index in [1.54, 1.807) is 0 Å². The average Bonchev–Trinajstić information content (AvgIpc) is 3.09. The predicted molar refractivity (Wildman–Crippen MR) is 121 cm³/mol. The number of hydrogen-bond acceptors (Lipinski definition) is 5. The van der Waals surface area contributed by atoms with Crippen LogP contribution in [-0.2, 0) is 14.3 Å². The van der Waals surface area contributed by atoms with E-state index >= 15 is 0 Å². The standard InChI is InChI=1S/C25H28N2O6/c28-10-9-22(24(30)31)27-23(29)13-15-11-16(12-15)26-25(32)33-14-21-19-7-3-1-5-17(19)18-6-2-4-8-20(18)21/h1-8,15-16,21-22,28H,9-14H2,(H,26,32)(H,27,29)(H,30,31)/t15?,16?,22-/m0/s1. The van der Waals surface area contributed by atoms with Crippen LogP contribution in [0.15, 0.2) is 48.5 Å². The van der Waals surface area contributed by atoms with Gasteiger partial charge in [0.15, 0.2) is 0 Å². The number of carboxylic acids is 1. The molecule has 0 aliphatic heterocycles.